The van der Waals surface area contributed by atoms with Crippen LogP contribution in [0.15, 0.2) is 45.6 Å². The lowest BCUT2D eigenvalue weighted by Crippen LogP contribution is -2.10. The molecule has 0 unspecified atom stereocenters. The van der Waals surface area contributed by atoms with Crippen LogP contribution >= 0.6 is 0 Å². The van der Waals surface area contributed by atoms with Crippen molar-refractivity contribution in [3.8, 4) is 45.8 Å². The van der Waals surface area contributed by atoms with Crippen molar-refractivity contribution in [1.29, 1.82) is 0 Å². The number of carbonyl (C=O) groups is 1. The number of fused-ring (bicyclic) bond motifs is 1. The first-order valence-corrected chi connectivity index (χ1v) is 7.76. The second-order valence-corrected chi connectivity index (χ2v) is 5.93. The molecule has 0 fully saturated rings. The average molecular weight is 386 g/mol. The van der Waals surface area contributed by atoms with Crippen molar-refractivity contribution in [1.82, 2.24) is 0 Å². The molecule has 9 heteroatoms. The predicted octanol–water partition coefficient (Wildman–Crippen LogP) is 2.47. The molecule has 9 nitrogen and oxygen atoms in total. The van der Waals surface area contributed by atoms with Gasteiger partial charge < -0.3 is 34.7 Å². The molecule has 3 aromatic rings. The van der Waals surface area contributed by atoms with Crippen LogP contribution in [0.25, 0.3) is 22.3 Å². The molecule has 5 N–H and O–H groups in total. The van der Waals surface area contributed by atoms with Gasteiger partial charge in [-0.3, -0.25) is 4.79 Å². The number of ether oxygens (including phenoxy) is 1. The third-order valence-corrected chi connectivity index (χ3v) is 3.85. The molecule has 2 aromatic carbocycles. The number of phenolic OH excluding ortho intramolecular Hbond substituents is 4. The van der Waals surface area contributed by atoms with Gasteiger partial charge in [-0.2, -0.15) is 0 Å². The second kappa shape index (κ2) is 6.54. The maximum atomic E-state index is 12.6. The van der Waals surface area contributed by atoms with Crippen molar-refractivity contribution in [3.05, 3.63) is 46.6 Å². The zero-order chi connectivity index (χ0) is 20.7. The topological polar surface area (TPSA) is 158 Å². The number of hydrogen-bond acceptors (Lipinski definition) is 9. The summed E-state index contributed by atoms with van der Waals surface area (Å²) in [6.07, 6.45) is 0. The summed E-state index contributed by atoms with van der Waals surface area (Å²) in [6.45, 7) is 4.71. The SMILES string of the molecule is C=C(C)C(=O)Oc1c(O)cc2oc(-c3ccc(O)c(O)c3)c(O)c(=O)c2c1O. The Hall–Kier alpha value is -4.14. The van der Waals surface area contributed by atoms with Gasteiger partial charge in [0.1, 0.15) is 11.0 Å². The monoisotopic (exact) mass is 386 g/mol. The largest absolute Gasteiger partial charge is 0.504 e. The van der Waals surface area contributed by atoms with E-state index >= 15 is 0 Å². The Morgan fingerprint density at radius 2 is 1.68 bits per heavy atom. The maximum Gasteiger partial charge on any atom is 0.338 e. The molecule has 0 aliphatic rings. The van der Waals surface area contributed by atoms with Gasteiger partial charge in [0.2, 0.25) is 16.9 Å². The minimum Gasteiger partial charge on any atom is -0.504 e. The zero-order valence-corrected chi connectivity index (χ0v) is 14.4. The average Bonchev–Trinajstić information content (AvgIpc) is 2.63. The van der Waals surface area contributed by atoms with Gasteiger partial charge >= 0.3 is 5.97 Å². The van der Waals surface area contributed by atoms with Crippen LogP contribution in [-0.4, -0.2) is 31.5 Å². The van der Waals surface area contributed by atoms with E-state index in [1.165, 1.54) is 13.0 Å². The van der Waals surface area contributed by atoms with Gasteiger partial charge in [-0.1, -0.05) is 6.58 Å². The Morgan fingerprint density at radius 1 is 1.00 bits per heavy atom. The Labute approximate surface area is 156 Å². The van der Waals surface area contributed by atoms with Crippen molar-refractivity contribution in [2.75, 3.05) is 0 Å². The fraction of sp³-hybridized carbons (Fsp3) is 0.0526. The fourth-order valence-electron chi connectivity index (χ4n) is 2.43. The van der Waals surface area contributed by atoms with Crippen LogP contribution in [0.1, 0.15) is 6.92 Å². The number of hydrogen-bond donors (Lipinski definition) is 5. The quantitative estimate of drug-likeness (QED) is 0.197. The van der Waals surface area contributed by atoms with Gasteiger partial charge in [0, 0.05) is 17.2 Å². The van der Waals surface area contributed by atoms with Crippen molar-refractivity contribution >= 4 is 16.9 Å². The standard InChI is InChI=1S/C19H14O9/c1-7(2)19(26)28-18-11(22)6-12-13(15(18)24)14(23)16(25)17(27-12)8-3-4-9(20)10(21)5-8/h3-6,20-22,24-25H,1H2,2H3. The van der Waals surface area contributed by atoms with Crippen LogP contribution in [0.5, 0.6) is 34.5 Å². The zero-order valence-electron chi connectivity index (χ0n) is 14.4. The van der Waals surface area contributed by atoms with Gasteiger partial charge in [-0.25, -0.2) is 4.79 Å². The van der Waals surface area contributed by atoms with Crippen molar-refractivity contribution in [2.24, 2.45) is 0 Å². The van der Waals surface area contributed by atoms with Crippen LogP contribution in [0.2, 0.25) is 0 Å². The highest BCUT2D eigenvalue weighted by Crippen LogP contribution is 2.44. The highest BCUT2D eigenvalue weighted by atomic mass is 16.5. The van der Waals surface area contributed by atoms with E-state index < -0.39 is 51.3 Å². The minimum absolute atomic E-state index is 0.0173. The molecule has 0 saturated heterocycles. The van der Waals surface area contributed by atoms with Crippen molar-refractivity contribution in [2.45, 2.75) is 6.92 Å². The summed E-state index contributed by atoms with van der Waals surface area (Å²) in [5.74, 6) is -5.48. The van der Waals surface area contributed by atoms with Crippen molar-refractivity contribution < 1.29 is 39.5 Å². The first-order chi connectivity index (χ1) is 13.1. The maximum absolute atomic E-state index is 12.6. The molecule has 0 aliphatic carbocycles. The van der Waals surface area contributed by atoms with E-state index in [0.29, 0.717) is 0 Å². The minimum atomic E-state index is -1.08. The summed E-state index contributed by atoms with van der Waals surface area (Å²) in [6, 6.07) is 4.34. The molecule has 0 amide bonds. The first-order valence-electron chi connectivity index (χ1n) is 7.76. The number of phenols is 4. The molecule has 0 atom stereocenters. The molecule has 1 heterocycles. The van der Waals surface area contributed by atoms with Gasteiger partial charge in [-0.15, -0.1) is 0 Å². The number of rotatable bonds is 3. The fourth-order valence-corrected chi connectivity index (χ4v) is 2.43. The van der Waals surface area contributed by atoms with E-state index in [0.717, 1.165) is 18.2 Å². The highest BCUT2D eigenvalue weighted by molar-refractivity contribution is 5.94. The molecular formula is C19H14O9. The molecule has 144 valence electrons. The normalized spacial score (nSPS) is 10.8. The summed E-state index contributed by atoms with van der Waals surface area (Å²) in [5.41, 5.74) is -1.37. The van der Waals surface area contributed by atoms with Crippen LogP contribution in [0.3, 0.4) is 0 Å². The summed E-state index contributed by atoms with van der Waals surface area (Å²) in [5, 5.41) is 49.0. The number of carbonyl (C=O) groups excluding carboxylic acids is 1. The van der Waals surface area contributed by atoms with Crippen LogP contribution in [0, 0.1) is 0 Å². The second-order valence-electron chi connectivity index (χ2n) is 5.93. The summed E-state index contributed by atoms with van der Waals surface area (Å²) in [7, 11) is 0. The summed E-state index contributed by atoms with van der Waals surface area (Å²) < 4.78 is 10.2. The molecule has 0 saturated carbocycles. The molecule has 3 rings (SSSR count). The molecule has 28 heavy (non-hydrogen) atoms. The predicted molar refractivity (Wildman–Crippen MR) is 96.7 cm³/mol. The summed E-state index contributed by atoms with van der Waals surface area (Å²) >= 11 is 0. The molecular weight excluding hydrogens is 372 g/mol. The lowest BCUT2D eigenvalue weighted by molar-refractivity contribution is -0.130. The van der Waals surface area contributed by atoms with Gasteiger partial charge in [0.15, 0.2) is 28.8 Å². The third kappa shape index (κ3) is 2.94. The smallest absolute Gasteiger partial charge is 0.338 e. The molecule has 0 bridgehead atoms. The molecule has 1 aromatic heterocycles. The van der Waals surface area contributed by atoms with E-state index in [2.05, 4.69) is 6.58 Å². The lowest BCUT2D eigenvalue weighted by Gasteiger charge is -2.12. The Kier molecular flexibility index (Phi) is 4.36. The Balaban J connectivity index is 2.27. The van der Waals surface area contributed by atoms with E-state index in [-0.39, 0.29) is 22.5 Å². The first kappa shape index (κ1) is 18.6. The molecule has 0 aliphatic heterocycles. The molecule has 0 radical (unpaired) electrons. The number of esters is 1. The van der Waals surface area contributed by atoms with E-state index in [1.807, 2.05) is 0 Å². The van der Waals surface area contributed by atoms with Gasteiger partial charge in [-0.05, 0) is 25.1 Å². The van der Waals surface area contributed by atoms with Crippen LogP contribution in [0.4, 0.5) is 0 Å². The number of aromatic hydroxyl groups is 5. The highest BCUT2D eigenvalue weighted by Gasteiger charge is 2.24. The third-order valence-electron chi connectivity index (χ3n) is 3.85. The van der Waals surface area contributed by atoms with Crippen LogP contribution in [-0.2, 0) is 4.79 Å². The van der Waals surface area contributed by atoms with Crippen LogP contribution < -0.4 is 10.2 Å². The summed E-state index contributed by atoms with van der Waals surface area (Å²) in [4.78, 5) is 24.2. The van der Waals surface area contributed by atoms with E-state index in [9.17, 15) is 35.1 Å². The van der Waals surface area contributed by atoms with E-state index in [1.54, 1.807) is 0 Å². The number of benzene rings is 2. The van der Waals surface area contributed by atoms with Gasteiger partial charge in [0.25, 0.3) is 0 Å². The van der Waals surface area contributed by atoms with E-state index in [4.69, 9.17) is 9.15 Å². The van der Waals surface area contributed by atoms with Gasteiger partial charge in [0.05, 0.1) is 0 Å². The molecule has 0 spiro atoms. The Bertz CT molecular complexity index is 1200. The Morgan fingerprint density at radius 3 is 2.29 bits per heavy atom. The van der Waals surface area contributed by atoms with Crippen molar-refractivity contribution in [3.63, 3.8) is 0 Å². The lowest BCUT2D eigenvalue weighted by atomic mass is 10.1.